The fourth-order valence-corrected chi connectivity index (χ4v) is 2.81. The number of hydrogen-bond donors (Lipinski definition) is 2. The van der Waals surface area contributed by atoms with Gasteiger partial charge >= 0.3 is 0 Å². The second-order valence-electron chi connectivity index (χ2n) is 6.39. The van der Waals surface area contributed by atoms with E-state index in [4.69, 9.17) is 9.47 Å². The molecule has 0 fully saturated rings. The zero-order chi connectivity index (χ0) is 21.2. The number of aliphatic imine (C=N–C) groups is 1. The van der Waals surface area contributed by atoms with E-state index >= 15 is 0 Å². The molecule has 164 valence electrons. The maximum Gasteiger partial charge on any atom is 0.224 e. The summed E-state index contributed by atoms with van der Waals surface area (Å²) < 4.78 is 24.6. The van der Waals surface area contributed by atoms with E-state index in [0.717, 1.165) is 23.4 Å². The monoisotopic (exact) mass is 536 g/mol. The van der Waals surface area contributed by atoms with Crippen LogP contribution in [0, 0.1) is 5.82 Å². The topological polar surface area (TPSA) is 67.8 Å². The van der Waals surface area contributed by atoms with E-state index in [2.05, 4.69) is 20.6 Å². The quantitative estimate of drug-likeness (QED) is 0.244. The van der Waals surface area contributed by atoms with Crippen LogP contribution in [0.25, 0.3) is 0 Å². The predicted molar refractivity (Wildman–Crippen MR) is 131 cm³/mol. The number of methoxy groups -OCH3 is 1. The Balaban J connectivity index is 0.00000341. The molecule has 0 bridgehead atoms. The van der Waals surface area contributed by atoms with Gasteiger partial charge in [0.2, 0.25) is 5.88 Å². The number of para-hydroxylation sites is 1. The Morgan fingerprint density at radius 2 is 1.84 bits per heavy atom. The molecule has 0 atom stereocenters. The third kappa shape index (κ3) is 7.39. The molecule has 0 saturated carbocycles. The largest absolute Gasteiger partial charge is 0.496 e. The SMILES string of the molecule is CCNC(=NCc1cccnc1Oc1cccc(F)c1)NCc1ccccc1OC.I. The Bertz CT molecular complexity index is 1000. The molecule has 3 aromatic rings. The zero-order valence-electron chi connectivity index (χ0n) is 17.5. The molecule has 0 unspecified atom stereocenters. The number of rotatable bonds is 8. The summed E-state index contributed by atoms with van der Waals surface area (Å²) in [7, 11) is 1.65. The standard InChI is InChI=1S/C23H25FN4O2.HI/c1-3-25-23(27-15-17-8-4-5-12-21(17)29-2)28-16-18-9-7-13-26-22(18)30-20-11-6-10-19(24)14-20;/h4-14H,3,15-16H2,1-2H3,(H2,25,27,28);1H. The van der Waals surface area contributed by atoms with Gasteiger partial charge in [-0.15, -0.1) is 24.0 Å². The number of hydrogen-bond acceptors (Lipinski definition) is 4. The van der Waals surface area contributed by atoms with Crippen LogP contribution >= 0.6 is 24.0 Å². The lowest BCUT2D eigenvalue weighted by Gasteiger charge is -2.14. The molecule has 31 heavy (non-hydrogen) atoms. The average molecular weight is 536 g/mol. The highest BCUT2D eigenvalue weighted by molar-refractivity contribution is 14.0. The lowest BCUT2D eigenvalue weighted by Crippen LogP contribution is -2.36. The minimum atomic E-state index is -0.363. The van der Waals surface area contributed by atoms with Gasteiger partial charge in [-0.3, -0.25) is 0 Å². The van der Waals surface area contributed by atoms with Crippen molar-refractivity contribution in [2.75, 3.05) is 13.7 Å². The first kappa shape index (κ1) is 24.4. The zero-order valence-corrected chi connectivity index (χ0v) is 19.8. The lowest BCUT2D eigenvalue weighted by atomic mass is 10.2. The molecule has 0 aliphatic carbocycles. The smallest absolute Gasteiger partial charge is 0.224 e. The van der Waals surface area contributed by atoms with Crippen molar-refractivity contribution in [3.05, 3.63) is 83.8 Å². The normalized spacial score (nSPS) is 10.7. The van der Waals surface area contributed by atoms with E-state index < -0.39 is 0 Å². The molecular formula is C23H26FIN4O2. The summed E-state index contributed by atoms with van der Waals surface area (Å²) in [6.07, 6.45) is 1.63. The Kier molecular flexibility index (Phi) is 10.0. The minimum Gasteiger partial charge on any atom is -0.496 e. The van der Waals surface area contributed by atoms with E-state index in [1.54, 1.807) is 25.4 Å². The van der Waals surface area contributed by atoms with Gasteiger partial charge in [-0.1, -0.05) is 30.3 Å². The van der Waals surface area contributed by atoms with Crippen molar-refractivity contribution in [1.29, 1.82) is 0 Å². The molecule has 3 rings (SSSR count). The lowest BCUT2D eigenvalue weighted by molar-refractivity contribution is 0.409. The summed E-state index contributed by atoms with van der Waals surface area (Å²) in [5.74, 6) is 1.90. The highest BCUT2D eigenvalue weighted by atomic mass is 127. The molecular weight excluding hydrogens is 510 g/mol. The molecule has 1 aromatic heterocycles. The Labute approximate surface area is 198 Å². The van der Waals surface area contributed by atoms with Gasteiger partial charge < -0.3 is 20.1 Å². The number of nitrogens with one attached hydrogen (secondary N) is 2. The predicted octanol–water partition coefficient (Wildman–Crippen LogP) is 4.89. The van der Waals surface area contributed by atoms with Crippen molar-refractivity contribution in [1.82, 2.24) is 15.6 Å². The number of ether oxygens (including phenoxy) is 2. The fourth-order valence-electron chi connectivity index (χ4n) is 2.81. The molecule has 1 heterocycles. The van der Waals surface area contributed by atoms with Crippen molar-refractivity contribution in [3.63, 3.8) is 0 Å². The van der Waals surface area contributed by atoms with Crippen LogP contribution < -0.4 is 20.1 Å². The van der Waals surface area contributed by atoms with Crippen LogP contribution in [0.5, 0.6) is 17.4 Å². The molecule has 2 aromatic carbocycles. The van der Waals surface area contributed by atoms with Gasteiger partial charge in [0.15, 0.2) is 5.96 Å². The third-order valence-corrected chi connectivity index (χ3v) is 4.25. The maximum absolute atomic E-state index is 13.4. The molecule has 0 aliphatic heterocycles. The van der Waals surface area contributed by atoms with Gasteiger partial charge in [0.25, 0.3) is 0 Å². The molecule has 0 aliphatic rings. The van der Waals surface area contributed by atoms with Crippen LogP contribution in [0.3, 0.4) is 0 Å². The number of pyridine rings is 1. The Hall–Kier alpha value is -2.88. The number of guanidine groups is 1. The van der Waals surface area contributed by atoms with Gasteiger partial charge in [-0.05, 0) is 31.2 Å². The molecule has 8 heteroatoms. The molecule has 0 radical (unpaired) electrons. The summed E-state index contributed by atoms with van der Waals surface area (Å²) in [6, 6.07) is 17.5. The van der Waals surface area contributed by atoms with Crippen molar-refractivity contribution in [2.45, 2.75) is 20.0 Å². The highest BCUT2D eigenvalue weighted by Crippen LogP contribution is 2.24. The van der Waals surface area contributed by atoms with Gasteiger partial charge in [-0.2, -0.15) is 0 Å². The summed E-state index contributed by atoms with van der Waals surface area (Å²) >= 11 is 0. The number of halogens is 2. The van der Waals surface area contributed by atoms with Crippen molar-refractivity contribution < 1.29 is 13.9 Å². The first-order valence-electron chi connectivity index (χ1n) is 9.71. The number of nitrogens with zero attached hydrogens (tertiary/aromatic N) is 2. The van der Waals surface area contributed by atoms with Gasteiger partial charge in [0.1, 0.15) is 17.3 Å². The summed E-state index contributed by atoms with van der Waals surface area (Å²) in [5.41, 5.74) is 1.82. The second kappa shape index (κ2) is 12.7. The second-order valence-corrected chi connectivity index (χ2v) is 6.39. The highest BCUT2D eigenvalue weighted by Gasteiger charge is 2.08. The third-order valence-electron chi connectivity index (χ3n) is 4.25. The van der Waals surface area contributed by atoms with Gasteiger partial charge in [-0.25, -0.2) is 14.4 Å². The Morgan fingerprint density at radius 3 is 2.61 bits per heavy atom. The van der Waals surface area contributed by atoms with E-state index in [9.17, 15) is 4.39 Å². The van der Waals surface area contributed by atoms with E-state index in [1.807, 2.05) is 43.3 Å². The Morgan fingerprint density at radius 1 is 1.03 bits per heavy atom. The van der Waals surface area contributed by atoms with Gasteiger partial charge in [0, 0.05) is 36.5 Å². The first-order valence-corrected chi connectivity index (χ1v) is 9.71. The molecule has 0 amide bonds. The number of benzene rings is 2. The van der Waals surface area contributed by atoms with Crippen LogP contribution in [0.4, 0.5) is 4.39 Å². The van der Waals surface area contributed by atoms with E-state index in [-0.39, 0.29) is 29.8 Å². The van der Waals surface area contributed by atoms with Crippen LogP contribution in [-0.2, 0) is 13.1 Å². The van der Waals surface area contributed by atoms with Crippen LogP contribution in [0.1, 0.15) is 18.1 Å². The van der Waals surface area contributed by atoms with Crippen LogP contribution in [-0.4, -0.2) is 24.6 Å². The molecule has 0 spiro atoms. The van der Waals surface area contributed by atoms with Crippen LogP contribution in [0.15, 0.2) is 71.9 Å². The minimum absolute atomic E-state index is 0. The van der Waals surface area contributed by atoms with Gasteiger partial charge in [0.05, 0.1) is 13.7 Å². The summed E-state index contributed by atoms with van der Waals surface area (Å²) in [4.78, 5) is 8.91. The summed E-state index contributed by atoms with van der Waals surface area (Å²) in [5, 5.41) is 6.53. The molecule has 2 N–H and O–H groups in total. The summed E-state index contributed by atoms with van der Waals surface area (Å²) in [6.45, 7) is 3.63. The maximum atomic E-state index is 13.4. The molecule has 6 nitrogen and oxygen atoms in total. The fraction of sp³-hybridized carbons (Fsp3) is 0.217. The van der Waals surface area contributed by atoms with E-state index in [1.165, 1.54) is 12.1 Å². The van der Waals surface area contributed by atoms with Crippen LogP contribution in [0.2, 0.25) is 0 Å². The molecule has 0 saturated heterocycles. The average Bonchev–Trinajstić information content (AvgIpc) is 2.77. The van der Waals surface area contributed by atoms with E-state index in [0.29, 0.717) is 30.7 Å². The first-order chi connectivity index (χ1) is 14.7. The number of aromatic nitrogens is 1. The van der Waals surface area contributed by atoms with Crippen molar-refractivity contribution in [3.8, 4) is 17.4 Å². The van der Waals surface area contributed by atoms with Crippen molar-refractivity contribution >= 4 is 29.9 Å². The van der Waals surface area contributed by atoms with Crippen molar-refractivity contribution in [2.24, 2.45) is 4.99 Å².